The van der Waals surface area contributed by atoms with E-state index in [1.54, 1.807) is 55.5 Å². The number of nitrogens with one attached hydrogen (secondary N) is 6. The molecule has 0 saturated heterocycles. The number of amides is 2. The van der Waals surface area contributed by atoms with E-state index in [2.05, 4.69) is 79.2 Å². The Balaban J connectivity index is 1.38. The highest BCUT2D eigenvalue weighted by Gasteiger charge is 2.15. The molecule has 0 spiro atoms. The third kappa shape index (κ3) is 15.2. The van der Waals surface area contributed by atoms with Crippen LogP contribution < -0.4 is 32.1 Å². The Morgan fingerprint density at radius 3 is 1.74 bits per heavy atom. The normalized spacial score (nSPS) is 11.4. The van der Waals surface area contributed by atoms with Gasteiger partial charge in [0, 0.05) is 36.2 Å². The topological polar surface area (TPSA) is 214 Å². The summed E-state index contributed by atoms with van der Waals surface area (Å²) in [6.45, 7) is 11.7. The zero-order valence-electron chi connectivity index (χ0n) is 33.6. The Morgan fingerprint density at radius 1 is 0.684 bits per heavy atom. The fraction of sp³-hybridized carbons (Fsp3) is 0.463. The van der Waals surface area contributed by atoms with Crippen molar-refractivity contribution >= 4 is 53.1 Å². The Kier molecular flexibility index (Phi) is 17.7. The Hall–Kier alpha value is -6.06. The number of rotatable bonds is 23. The van der Waals surface area contributed by atoms with Gasteiger partial charge in [-0.05, 0) is 86.6 Å². The molecule has 0 fully saturated rings. The van der Waals surface area contributed by atoms with Crippen LogP contribution in [0.2, 0.25) is 0 Å². The average Bonchev–Trinajstić information content (AvgIpc) is 3.19. The second-order valence-electron chi connectivity index (χ2n) is 13.8. The van der Waals surface area contributed by atoms with Gasteiger partial charge in [-0.1, -0.05) is 59.8 Å². The van der Waals surface area contributed by atoms with Crippen LogP contribution in [0.4, 0.5) is 40.0 Å². The van der Waals surface area contributed by atoms with Crippen molar-refractivity contribution < 1.29 is 23.9 Å². The molecular weight excluding hydrogens is 729 g/mol. The van der Waals surface area contributed by atoms with Crippen LogP contribution in [0.1, 0.15) is 105 Å². The fourth-order valence-corrected chi connectivity index (χ4v) is 5.62. The third-order valence-corrected chi connectivity index (χ3v) is 9.26. The number of anilines is 6. The second kappa shape index (κ2) is 23.1. The number of esters is 2. The van der Waals surface area contributed by atoms with Gasteiger partial charge < -0.3 is 30.7 Å². The molecule has 0 saturated carbocycles. The fourth-order valence-electron chi connectivity index (χ4n) is 5.62. The maximum Gasteiger partial charge on any atom is 0.338 e. The SMILES string of the molecule is CCCCC(CC)COC(=O)c1ccc(Nc2nc(NCCCCNC(=O)Nc3nc(C)cc(=O)[nH]3)nc(Nc3ccc(C(=O)OCC(CC)CC)cc3)n2)cc1. The molecule has 16 nitrogen and oxygen atoms in total. The molecule has 4 aromatic rings. The highest BCUT2D eigenvalue weighted by Crippen LogP contribution is 2.21. The number of ether oxygens (including phenoxy) is 2. The first kappa shape index (κ1) is 43.7. The first-order valence-electron chi connectivity index (χ1n) is 19.8. The largest absolute Gasteiger partial charge is 0.462 e. The van der Waals surface area contributed by atoms with Crippen molar-refractivity contribution in [2.45, 2.75) is 86.0 Å². The molecule has 0 aliphatic rings. The lowest BCUT2D eigenvalue weighted by molar-refractivity contribution is 0.0421. The monoisotopic (exact) mass is 784 g/mol. The molecular formula is C41H56N10O6. The van der Waals surface area contributed by atoms with E-state index in [9.17, 15) is 19.2 Å². The minimum Gasteiger partial charge on any atom is -0.462 e. The summed E-state index contributed by atoms with van der Waals surface area (Å²) in [6, 6.07) is 14.6. The number of nitrogens with zero attached hydrogens (tertiary/aromatic N) is 4. The summed E-state index contributed by atoms with van der Waals surface area (Å²) >= 11 is 0. The molecule has 2 heterocycles. The number of hydrogen-bond acceptors (Lipinski definition) is 13. The predicted octanol–water partition coefficient (Wildman–Crippen LogP) is 7.73. The lowest BCUT2D eigenvalue weighted by atomic mass is 10.0. The minimum absolute atomic E-state index is 0.0745. The van der Waals surface area contributed by atoms with Gasteiger partial charge in [-0.2, -0.15) is 15.0 Å². The van der Waals surface area contributed by atoms with Crippen molar-refractivity contribution in [3.8, 4) is 0 Å². The molecule has 306 valence electrons. The molecule has 6 N–H and O–H groups in total. The first-order valence-corrected chi connectivity index (χ1v) is 19.8. The molecule has 0 radical (unpaired) electrons. The van der Waals surface area contributed by atoms with Gasteiger partial charge in [0.05, 0.1) is 24.3 Å². The number of benzene rings is 2. The van der Waals surface area contributed by atoms with E-state index >= 15 is 0 Å². The van der Waals surface area contributed by atoms with Crippen LogP contribution in [0, 0.1) is 18.8 Å². The van der Waals surface area contributed by atoms with E-state index in [1.807, 2.05) is 0 Å². The van der Waals surface area contributed by atoms with E-state index in [1.165, 1.54) is 6.07 Å². The molecule has 1 atom stereocenters. The number of urea groups is 1. The van der Waals surface area contributed by atoms with E-state index < -0.39 is 6.03 Å². The van der Waals surface area contributed by atoms with Crippen molar-refractivity contribution in [1.29, 1.82) is 0 Å². The summed E-state index contributed by atoms with van der Waals surface area (Å²) in [5, 5.41) is 14.9. The van der Waals surface area contributed by atoms with Gasteiger partial charge in [0.15, 0.2) is 0 Å². The maximum absolute atomic E-state index is 12.8. The summed E-state index contributed by atoms with van der Waals surface area (Å²) in [5.41, 5.74) is 2.32. The Morgan fingerprint density at radius 2 is 1.21 bits per heavy atom. The molecule has 1 unspecified atom stereocenters. The van der Waals surface area contributed by atoms with Crippen molar-refractivity contribution in [2.24, 2.45) is 11.8 Å². The molecule has 2 aromatic carbocycles. The van der Waals surface area contributed by atoms with Crippen molar-refractivity contribution in [3.05, 3.63) is 81.8 Å². The Bertz CT molecular complexity index is 1930. The lowest BCUT2D eigenvalue weighted by Crippen LogP contribution is -2.31. The van der Waals surface area contributed by atoms with Gasteiger partial charge in [0.2, 0.25) is 23.8 Å². The predicted molar refractivity (Wildman–Crippen MR) is 222 cm³/mol. The second-order valence-corrected chi connectivity index (χ2v) is 13.8. The van der Waals surface area contributed by atoms with Gasteiger partial charge in [-0.25, -0.2) is 19.4 Å². The molecule has 0 bridgehead atoms. The molecule has 0 aliphatic heterocycles. The average molecular weight is 785 g/mol. The molecule has 4 rings (SSSR count). The molecule has 0 aliphatic carbocycles. The highest BCUT2D eigenvalue weighted by atomic mass is 16.5. The maximum atomic E-state index is 12.8. The van der Waals surface area contributed by atoms with Crippen LogP contribution >= 0.6 is 0 Å². The summed E-state index contributed by atoms with van der Waals surface area (Å²) in [4.78, 5) is 69.5. The number of H-pyrrole nitrogens is 1. The summed E-state index contributed by atoms with van der Waals surface area (Å²) < 4.78 is 11.1. The molecule has 57 heavy (non-hydrogen) atoms. The molecule has 2 amide bonds. The van der Waals surface area contributed by atoms with E-state index in [0.717, 1.165) is 38.5 Å². The van der Waals surface area contributed by atoms with Crippen molar-refractivity contribution in [2.75, 3.05) is 47.6 Å². The van der Waals surface area contributed by atoms with Crippen LogP contribution in [0.5, 0.6) is 0 Å². The number of hydrogen-bond donors (Lipinski definition) is 6. The lowest BCUT2D eigenvalue weighted by Gasteiger charge is -2.15. The van der Waals surface area contributed by atoms with Gasteiger partial charge in [-0.15, -0.1) is 0 Å². The van der Waals surface area contributed by atoms with Gasteiger partial charge in [0.1, 0.15) is 0 Å². The van der Waals surface area contributed by atoms with Gasteiger partial charge >= 0.3 is 18.0 Å². The van der Waals surface area contributed by atoms with E-state index in [0.29, 0.717) is 85.1 Å². The molecule has 16 heteroatoms. The van der Waals surface area contributed by atoms with Crippen LogP contribution in [-0.2, 0) is 9.47 Å². The Labute approximate surface area is 333 Å². The van der Waals surface area contributed by atoms with Crippen molar-refractivity contribution in [3.63, 3.8) is 0 Å². The third-order valence-electron chi connectivity index (χ3n) is 9.26. The zero-order valence-corrected chi connectivity index (χ0v) is 33.6. The van der Waals surface area contributed by atoms with Crippen LogP contribution in [0.3, 0.4) is 0 Å². The summed E-state index contributed by atoms with van der Waals surface area (Å²) in [5.74, 6) is 0.799. The zero-order chi connectivity index (χ0) is 41.0. The van der Waals surface area contributed by atoms with Gasteiger partial charge in [0.25, 0.3) is 5.56 Å². The number of aromatic amines is 1. The van der Waals surface area contributed by atoms with Crippen LogP contribution in [0.15, 0.2) is 59.4 Å². The van der Waals surface area contributed by atoms with E-state index in [-0.39, 0.29) is 35.3 Å². The number of unbranched alkanes of at least 4 members (excludes halogenated alkanes) is 2. The number of aryl methyl sites for hydroxylation is 1. The van der Waals surface area contributed by atoms with E-state index in [4.69, 9.17) is 9.47 Å². The number of carbonyl (C=O) groups is 3. The first-order chi connectivity index (χ1) is 27.6. The van der Waals surface area contributed by atoms with Crippen LogP contribution in [-0.4, -0.2) is 69.2 Å². The van der Waals surface area contributed by atoms with Gasteiger partial charge in [-0.3, -0.25) is 15.1 Å². The van der Waals surface area contributed by atoms with Crippen LogP contribution in [0.25, 0.3) is 0 Å². The number of carbonyl (C=O) groups excluding carboxylic acids is 3. The quantitative estimate of drug-likeness (QED) is 0.0314. The standard InChI is InChI=1S/C41H56N10O6/c1-6-10-13-29(9-4)26-57-36(54)31-16-20-33(21-17-31)46-40-49-37(42-22-11-12-23-43-41(55)51-38-44-27(5)24-34(52)47-38)48-39(50-40)45-32-18-14-30(15-19-32)35(53)56-25-28(7-2)8-3/h14-21,24,28-29H,6-13,22-23,25-26H2,1-5H3,(H3,42,45,46,48,49,50)(H3,43,44,47,51,52,55). The smallest absolute Gasteiger partial charge is 0.338 e. The summed E-state index contributed by atoms with van der Waals surface area (Å²) in [7, 11) is 0. The highest BCUT2D eigenvalue weighted by molar-refractivity contribution is 5.90. The van der Waals surface area contributed by atoms with Crippen molar-refractivity contribution in [1.82, 2.24) is 30.2 Å². The minimum atomic E-state index is -0.482. The number of aromatic nitrogens is 5. The molecule has 2 aromatic heterocycles. The summed E-state index contributed by atoms with van der Waals surface area (Å²) in [6.07, 6.45) is 7.41.